The molecule has 3 rings (SSSR count). The Labute approximate surface area is 151 Å². The smallest absolute Gasteiger partial charge is 0.255 e. The van der Waals surface area contributed by atoms with Crippen molar-refractivity contribution in [3.05, 3.63) is 42.0 Å². The van der Waals surface area contributed by atoms with Gasteiger partial charge in [0.25, 0.3) is 11.8 Å². The second-order valence-electron chi connectivity index (χ2n) is 5.77. The minimum absolute atomic E-state index is 0.103. The second kappa shape index (κ2) is 8.25. The summed E-state index contributed by atoms with van der Waals surface area (Å²) in [5.74, 6) is 0.598. The molecule has 1 saturated heterocycles. The number of amides is 1. The summed E-state index contributed by atoms with van der Waals surface area (Å²) in [4.78, 5) is 26.6. The number of carbonyl (C=O) groups is 1. The molecule has 1 amide bonds. The van der Waals surface area contributed by atoms with E-state index in [0.29, 0.717) is 31.1 Å². The van der Waals surface area contributed by atoms with E-state index in [-0.39, 0.29) is 23.6 Å². The van der Waals surface area contributed by atoms with E-state index < -0.39 is 0 Å². The molecular formula is C18H19N5O3. The summed E-state index contributed by atoms with van der Waals surface area (Å²) in [6, 6.07) is 5.36. The molecule has 1 aliphatic heterocycles. The standard InChI is InChI=1S/C18H19N5O3/c1-2-25-16-6-5-13(11-22-16)18(24)23-9-3-4-14(12-23)26-17-15(10-19)20-7-8-21-17/h5-8,11,14H,2-4,9,12H2,1H3. The van der Waals surface area contributed by atoms with Gasteiger partial charge >= 0.3 is 0 Å². The normalized spacial score (nSPS) is 16.6. The number of rotatable bonds is 5. The quantitative estimate of drug-likeness (QED) is 0.808. The maximum Gasteiger partial charge on any atom is 0.255 e. The highest BCUT2D eigenvalue weighted by Gasteiger charge is 2.27. The first-order chi connectivity index (χ1) is 12.7. The maximum absolute atomic E-state index is 12.7. The van der Waals surface area contributed by atoms with Crippen molar-refractivity contribution in [2.24, 2.45) is 0 Å². The molecule has 1 aliphatic rings. The van der Waals surface area contributed by atoms with Gasteiger partial charge in [-0.1, -0.05) is 0 Å². The van der Waals surface area contributed by atoms with E-state index in [9.17, 15) is 4.79 Å². The van der Waals surface area contributed by atoms with Crippen LogP contribution in [0.5, 0.6) is 11.8 Å². The molecule has 8 nitrogen and oxygen atoms in total. The van der Waals surface area contributed by atoms with Crippen LogP contribution in [-0.4, -0.2) is 51.6 Å². The summed E-state index contributed by atoms with van der Waals surface area (Å²) in [5, 5.41) is 9.08. The van der Waals surface area contributed by atoms with Crippen LogP contribution >= 0.6 is 0 Å². The Bertz CT molecular complexity index is 803. The maximum atomic E-state index is 12.7. The predicted molar refractivity (Wildman–Crippen MR) is 91.7 cm³/mol. The summed E-state index contributed by atoms with van der Waals surface area (Å²) in [5.41, 5.74) is 0.651. The molecule has 0 aliphatic carbocycles. The fourth-order valence-corrected chi connectivity index (χ4v) is 2.79. The minimum atomic E-state index is -0.229. The molecule has 0 saturated carbocycles. The average molecular weight is 353 g/mol. The first-order valence-corrected chi connectivity index (χ1v) is 8.47. The lowest BCUT2D eigenvalue weighted by atomic mass is 10.1. The van der Waals surface area contributed by atoms with E-state index in [1.165, 1.54) is 18.6 Å². The molecule has 3 heterocycles. The van der Waals surface area contributed by atoms with Crippen LogP contribution in [0.2, 0.25) is 0 Å². The van der Waals surface area contributed by atoms with Crippen molar-refractivity contribution in [1.29, 1.82) is 5.26 Å². The van der Waals surface area contributed by atoms with Gasteiger partial charge in [-0.2, -0.15) is 5.26 Å². The first kappa shape index (κ1) is 17.6. The van der Waals surface area contributed by atoms with E-state index in [1.807, 2.05) is 13.0 Å². The second-order valence-corrected chi connectivity index (χ2v) is 5.77. The summed E-state index contributed by atoms with van der Waals surface area (Å²) in [6.07, 6.45) is 5.81. The van der Waals surface area contributed by atoms with Crippen LogP contribution < -0.4 is 9.47 Å². The number of hydrogen-bond acceptors (Lipinski definition) is 7. The van der Waals surface area contributed by atoms with E-state index in [0.717, 1.165) is 12.8 Å². The molecule has 1 fully saturated rings. The van der Waals surface area contributed by atoms with E-state index >= 15 is 0 Å². The largest absolute Gasteiger partial charge is 0.478 e. The molecule has 134 valence electrons. The number of piperidine rings is 1. The van der Waals surface area contributed by atoms with Crippen molar-refractivity contribution in [3.8, 4) is 17.8 Å². The zero-order chi connectivity index (χ0) is 18.4. The predicted octanol–water partition coefficient (Wildman–Crippen LogP) is 1.83. The number of hydrogen-bond donors (Lipinski definition) is 0. The Morgan fingerprint density at radius 3 is 2.92 bits per heavy atom. The van der Waals surface area contributed by atoms with Crippen LogP contribution in [0.25, 0.3) is 0 Å². The number of carbonyl (C=O) groups excluding carboxylic acids is 1. The topological polar surface area (TPSA) is 101 Å². The van der Waals surface area contributed by atoms with Crippen molar-refractivity contribution in [2.75, 3.05) is 19.7 Å². The van der Waals surface area contributed by atoms with Crippen LogP contribution in [0.4, 0.5) is 0 Å². The summed E-state index contributed by atoms with van der Waals surface area (Å²) < 4.78 is 11.1. The fraction of sp³-hybridized carbons (Fsp3) is 0.389. The number of ether oxygens (including phenoxy) is 2. The Morgan fingerprint density at radius 2 is 2.19 bits per heavy atom. The Hall–Kier alpha value is -3.21. The Balaban J connectivity index is 1.66. The van der Waals surface area contributed by atoms with Crippen LogP contribution in [0.3, 0.4) is 0 Å². The third-order valence-corrected chi connectivity index (χ3v) is 3.99. The molecule has 8 heteroatoms. The van der Waals surface area contributed by atoms with Crippen molar-refractivity contribution in [3.63, 3.8) is 0 Å². The van der Waals surface area contributed by atoms with Gasteiger partial charge in [-0.15, -0.1) is 0 Å². The van der Waals surface area contributed by atoms with E-state index in [1.54, 1.807) is 17.0 Å². The molecule has 1 atom stereocenters. The van der Waals surface area contributed by atoms with Gasteiger partial charge in [-0.05, 0) is 25.8 Å². The van der Waals surface area contributed by atoms with Crippen LogP contribution in [0.1, 0.15) is 35.8 Å². The molecule has 2 aromatic heterocycles. The highest BCUT2D eigenvalue weighted by Crippen LogP contribution is 2.20. The van der Waals surface area contributed by atoms with Crippen molar-refractivity contribution in [1.82, 2.24) is 19.9 Å². The zero-order valence-electron chi connectivity index (χ0n) is 14.5. The monoisotopic (exact) mass is 353 g/mol. The lowest BCUT2D eigenvalue weighted by Gasteiger charge is -2.32. The molecule has 0 radical (unpaired) electrons. The molecule has 2 aromatic rings. The van der Waals surface area contributed by atoms with Gasteiger partial charge in [0.1, 0.15) is 12.2 Å². The highest BCUT2D eigenvalue weighted by molar-refractivity contribution is 5.94. The molecule has 1 unspecified atom stereocenters. The molecular weight excluding hydrogens is 334 g/mol. The van der Waals surface area contributed by atoms with Gasteiger partial charge < -0.3 is 14.4 Å². The lowest BCUT2D eigenvalue weighted by molar-refractivity contribution is 0.0525. The van der Waals surface area contributed by atoms with Crippen molar-refractivity contribution < 1.29 is 14.3 Å². The van der Waals surface area contributed by atoms with Gasteiger partial charge in [0.05, 0.1) is 18.7 Å². The third-order valence-electron chi connectivity index (χ3n) is 3.99. The molecule has 0 spiro atoms. The van der Waals surface area contributed by atoms with Gasteiger partial charge in [-0.25, -0.2) is 15.0 Å². The molecule has 0 bridgehead atoms. The number of pyridine rings is 1. The first-order valence-electron chi connectivity index (χ1n) is 8.47. The molecule has 26 heavy (non-hydrogen) atoms. The van der Waals surface area contributed by atoms with Gasteiger partial charge in [0.2, 0.25) is 11.6 Å². The van der Waals surface area contributed by atoms with E-state index in [2.05, 4.69) is 15.0 Å². The zero-order valence-corrected chi connectivity index (χ0v) is 14.5. The number of nitrogens with zero attached hydrogens (tertiary/aromatic N) is 5. The Morgan fingerprint density at radius 1 is 1.35 bits per heavy atom. The summed E-state index contributed by atoms with van der Waals surface area (Å²) in [7, 11) is 0. The average Bonchev–Trinajstić information content (AvgIpc) is 2.69. The molecule has 0 aromatic carbocycles. The van der Waals surface area contributed by atoms with Gasteiger partial charge in [0.15, 0.2) is 0 Å². The third kappa shape index (κ3) is 4.06. The van der Waals surface area contributed by atoms with Gasteiger partial charge in [0, 0.05) is 31.2 Å². The summed E-state index contributed by atoms with van der Waals surface area (Å²) in [6.45, 7) is 3.48. The highest BCUT2D eigenvalue weighted by atomic mass is 16.5. The van der Waals surface area contributed by atoms with Crippen LogP contribution in [0.15, 0.2) is 30.7 Å². The fourth-order valence-electron chi connectivity index (χ4n) is 2.79. The molecule has 0 N–H and O–H groups in total. The minimum Gasteiger partial charge on any atom is -0.478 e. The van der Waals surface area contributed by atoms with Gasteiger partial charge in [-0.3, -0.25) is 4.79 Å². The van der Waals surface area contributed by atoms with E-state index in [4.69, 9.17) is 14.7 Å². The van der Waals surface area contributed by atoms with Crippen molar-refractivity contribution >= 4 is 5.91 Å². The Kier molecular flexibility index (Phi) is 5.59. The number of aromatic nitrogens is 3. The number of likely N-dealkylation sites (tertiary alicyclic amines) is 1. The number of nitriles is 1. The van der Waals surface area contributed by atoms with Crippen LogP contribution in [-0.2, 0) is 0 Å². The van der Waals surface area contributed by atoms with Crippen molar-refractivity contribution in [2.45, 2.75) is 25.9 Å². The van der Waals surface area contributed by atoms with Crippen LogP contribution in [0, 0.1) is 11.3 Å². The summed E-state index contributed by atoms with van der Waals surface area (Å²) >= 11 is 0. The SMILES string of the molecule is CCOc1ccc(C(=O)N2CCCC(Oc3nccnc3C#N)C2)cn1. The lowest BCUT2D eigenvalue weighted by Crippen LogP contribution is -2.44.